The maximum absolute atomic E-state index is 13.8. The Morgan fingerprint density at radius 3 is 2.00 bits per heavy atom. The van der Waals surface area contributed by atoms with E-state index in [-0.39, 0.29) is 5.41 Å². The monoisotopic (exact) mass is 184 g/mol. The summed E-state index contributed by atoms with van der Waals surface area (Å²) in [6, 6.07) is 0. The Labute approximate surface area is 80.9 Å². The quantitative estimate of drug-likeness (QED) is 0.623. The lowest BCUT2D eigenvalue weighted by Crippen LogP contribution is -2.68. The van der Waals surface area contributed by atoms with Crippen LogP contribution in [0.5, 0.6) is 0 Å². The molecule has 0 aromatic heterocycles. The highest BCUT2D eigenvalue weighted by molar-refractivity contribution is 5.22. The molecule has 3 aliphatic rings. The fraction of sp³-hybridized carbons (Fsp3) is 1.00. The van der Waals surface area contributed by atoms with Crippen LogP contribution in [0.4, 0.5) is 4.39 Å². The summed E-state index contributed by atoms with van der Waals surface area (Å²) < 4.78 is 13.8. The first-order chi connectivity index (χ1) is 5.79. The Hall–Kier alpha value is -0.0700. The lowest BCUT2D eigenvalue weighted by atomic mass is 9.30. The Morgan fingerprint density at radius 1 is 1.23 bits per heavy atom. The van der Waals surface area contributed by atoms with Crippen molar-refractivity contribution >= 4 is 0 Å². The van der Waals surface area contributed by atoms with Gasteiger partial charge in [-0.3, -0.25) is 0 Å². The molecule has 1 heteroatoms. The number of alkyl halides is 1. The Bertz CT molecular complexity index is 202. The molecule has 0 aliphatic heterocycles. The van der Waals surface area contributed by atoms with Crippen molar-refractivity contribution in [1.29, 1.82) is 0 Å². The average Bonchev–Trinajstić information content (AvgIpc) is 1.70. The second-order valence-corrected chi connectivity index (χ2v) is 6.38. The molecule has 0 saturated heterocycles. The smallest absolute Gasteiger partial charge is 0.111 e. The molecule has 13 heavy (non-hydrogen) atoms. The van der Waals surface area contributed by atoms with Crippen LogP contribution in [-0.4, -0.2) is 5.67 Å². The van der Waals surface area contributed by atoms with E-state index in [2.05, 4.69) is 13.8 Å². The highest BCUT2D eigenvalue weighted by Crippen LogP contribution is 2.79. The molecular formula is C12H21F. The van der Waals surface area contributed by atoms with Gasteiger partial charge in [-0.2, -0.15) is 0 Å². The molecule has 0 aromatic rings. The molecule has 76 valence electrons. The van der Waals surface area contributed by atoms with Gasteiger partial charge in [-0.15, -0.1) is 0 Å². The normalized spacial score (nSPS) is 42.9. The zero-order chi connectivity index (χ0) is 9.91. The fourth-order valence-electron chi connectivity index (χ4n) is 3.71. The van der Waals surface area contributed by atoms with E-state index in [0.717, 1.165) is 25.2 Å². The van der Waals surface area contributed by atoms with Gasteiger partial charge in [0.15, 0.2) is 0 Å². The Balaban J connectivity index is 1.93. The number of halogens is 1. The molecule has 3 rings (SSSR count). The third-order valence-corrected chi connectivity index (χ3v) is 4.24. The topological polar surface area (TPSA) is 0 Å². The summed E-state index contributed by atoms with van der Waals surface area (Å²) in [4.78, 5) is 0. The molecule has 0 radical (unpaired) electrons. The van der Waals surface area contributed by atoms with Crippen molar-refractivity contribution in [3.05, 3.63) is 0 Å². The van der Waals surface area contributed by atoms with Crippen LogP contribution in [0.25, 0.3) is 0 Å². The molecule has 0 N–H and O–H groups in total. The molecule has 0 nitrogen and oxygen atoms in total. The first kappa shape index (κ1) is 9.48. The standard InChI is InChI=1S/C12H21F/c1-9(2)5-11-6-12(7-11,8-11)10(3,4)13/h9H,5-8H2,1-4H3. The molecule has 0 amide bonds. The van der Waals surface area contributed by atoms with Gasteiger partial charge in [0.25, 0.3) is 0 Å². The van der Waals surface area contributed by atoms with E-state index in [1.165, 1.54) is 6.42 Å². The molecule has 0 heterocycles. The van der Waals surface area contributed by atoms with E-state index < -0.39 is 5.67 Å². The van der Waals surface area contributed by atoms with Gasteiger partial charge in [0.05, 0.1) is 0 Å². The third-order valence-electron chi connectivity index (χ3n) is 4.24. The van der Waals surface area contributed by atoms with Gasteiger partial charge in [0.2, 0.25) is 0 Å². The van der Waals surface area contributed by atoms with Gasteiger partial charge in [-0.05, 0) is 50.9 Å². The number of hydrogen-bond acceptors (Lipinski definition) is 0. The summed E-state index contributed by atoms with van der Waals surface area (Å²) in [5.41, 5.74) is -0.287. The molecule has 0 unspecified atom stereocenters. The van der Waals surface area contributed by atoms with Crippen molar-refractivity contribution in [3.63, 3.8) is 0 Å². The number of rotatable bonds is 3. The summed E-state index contributed by atoms with van der Waals surface area (Å²) in [7, 11) is 0. The summed E-state index contributed by atoms with van der Waals surface area (Å²) >= 11 is 0. The van der Waals surface area contributed by atoms with Crippen molar-refractivity contribution in [2.45, 2.75) is 59.0 Å². The van der Waals surface area contributed by atoms with Gasteiger partial charge in [-0.1, -0.05) is 13.8 Å². The van der Waals surface area contributed by atoms with Crippen molar-refractivity contribution in [1.82, 2.24) is 0 Å². The third kappa shape index (κ3) is 1.15. The van der Waals surface area contributed by atoms with Gasteiger partial charge >= 0.3 is 0 Å². The van der Waals surface area contributed by atoms with Gasteiger partial charge in [0, 0.05) is 5.41 Å². The van der Waals surface area contributed by atoms with E-state index in [1.54, 1.807) is 13.8 Å². The van der Waals surface area contributed by atoms with E-state index in [9.17, 15) is 4.39 Å². The minimum absolute atomic E-state index is 0.0852. The molecular weight excluding hydrogens is 163 g/mol. The Kier molecular flexibility index (Phi) is 1.67. The highest BCUT2D eigenvalue weighted by Gasteiger charge is 2.72. The molecule has 0 aromatic carbocycles. The molecule has 3 fully saturated rings. The first-order valence-corrected chi connectivity index (χ1v) is 5.48. The fourth-order valence-corrected chi connectivity index (χ4v) is 3.71. The van der Waals surface area contributed by atoms with Crippen LogP contribution in [0.15, 0.2) is 0 Å². The molecule has 0 spiro atoms. The maximum Gasteiger partial charge on any atom is 0.111 e. The van der Waals surface area contributed by atoms with E-state index >= 15 is 0 Å². The zero-order valence-electron chi connectivity index (χ0n) is 9.28. The zero-order valence-corrected chi connectivity index (χ0v) is 9.28. The summed E-state index contributed by atoms with van der Waals surface area (Å²) in [5, 5.41) is 0. The van der Waals surface area contributed by atoms with Crippen LogP contribution in [0.1, 0.15) is 53.4 Å². The molecule has 0 atom stereocenters. The molecule has 3 aliphatic carbocycles. The van der Waals surface area contributed by atoms with E-state index in [0.29, 0.717) is 5.41 Å². The van der Waals surface area contributed by atoms with Crippen LogP contribution in [0, 0.1) is 16.7 Å². The van der Waals surface area contributed by atoms with Gasteiger partial charge in [0.1, 0.15) is 5.67 Å². The van der Waals surface area contributed by atoms with Crippen molar-refractivity contribution in [2.75, 3.05) is 0 Å². The minimum Gasteiger partial charge on any atom is -0.244 e. The summed E-state index contributed by atoms with van der Waals surface area (Å²) in [6.45, 7) is 8.05. The first-order valence-electron chi connectivity index (χ1n) is 5.48. The minimum atomic E-state index is -0.939. The van der Waals surface area contributed by atoms with Gasteiger partial charge < -0.3 is 0 Å². The molecule has 3 saturated carbocycles. The average molecular weight is 184 g/mol. The lowest BCUT2D eigenvalue weighted by molar-refractivity contribution is -0.272. The van der Waals surface area contributed by atoms with Crippen LogP contribution in [-0.2, 0) is 0 Å². The van der Waals surface area contributed by atoms with Gasteiger partial charge in [-0.25, -0.2) is 4.39 Å². The van der Waals surface area contributed by atoms with Crippen molar-refractivity contribution in [3.8, 4) is 0 Å². The SMILES string of the molecule is CC(C)CC12CC(C(C)(C)F)(C1)C2. The van der Waals surface area contributed by atoms with Crippen molar-refractivity contribution in [2.24, 2.45) is 16.7 Å². The van der Waals surface area contributed by atoms with E-state index in [1.807, 2.05) is 0 Å². The largest absolute Gasteiger partial charge is 0.244 e. The van der Waals surface area contributed by atoms with Crippen LogP contribution < -0.4 is 0 Å². The molecule has 2 bridgehead atoms. The van der Waals surface area contributed by atoms with Crippen molar-refractivity contribution < 1.29 is 4.39 Å². The lowest BCUT2D eigenvalue weighted by Gasteiger charge is -2.74. The highest BCUT2D eigenvalue weighted by atomic mass is 19.1. The number of hydrogen-bond donors (Lipinski definition) is 0. The van der Waals surface area contributed by atoms with Crippen LogP contribution >= 0.6 is 0 Å². The maximum atomic E-state index is 13.8. The van der Waals surface area contributed by atoms with Crippen LogP contribution in [0.2, 0.25) is 0 Å². The Morgan fingerprint density at radius 2 is 1.69 bits per heavy atom. The second-order valence-electron chi connectivity index (χ2n) is 6.38. The summed E-state index contributed by atoms with van der Waals surface area (Å²) in [6.07, 6.45) is 4.77. The van der Waals surface area contributed by atoms with Crippen LogP contribution in [0.3, 0.4) is 0 Å². The predicted molar refractivity (Wildman–Crippen MR) is 53.4 cm³/mol. The second kappa shape index (κ2) is 2.29. The summed E-state index contributed by atoms with van der Waals surface area (Å²) in [5.74, 6) is 0.779. The van der Waals surface area contributed by atoms with E-state index in [4.69, 9.17) is 0 Å². The predicted octanol–water partition coefficient (Wildman–Crippen LogP) is 3.95.